The predicted molar refractivity (Wildman–Crippen MR) is 76.5 cm³/mol. The molecule has 1 saturated carbocycles. The van der Waals surface area contributed by atoms with E-state index in [1.54, 1.807) is 12.1 Å². The number of para-hydroxylation sites is 1. The van der Waals surface area contributed by atoms with Crippen LogP contribution in [0.15, 0.2) is 24.3 Å². The summed E-state index contributed by atoms with van der Waals surface area (Å²) < 4.78 is 5.55. The summed E-state index contributed by atoms with van der Waals surface area (Å²) in [6, 6.07) is 7.17. The third-order valence-electron chi connectivity index (χ3n) is 3.28. The van der Waals surface area contributed by atoms with Crippen LogP contribution in [0.5, 0.6) is 0 Å². The number of hydrogen-bond acceptors (Lipinski definition) is 3. The van der Waals surface area contributed by atoms with Crippen molar-refractivity contribution in [3.63, 3.8) is 0 Å². The van der Waals surface area contributed by atoms with Crippen molar-refractivity contribution in [1.82, 2.24) is 5.32 Å². The van der Waals surface area contributed by atoms with Gasteiger partial charge in [-0.3, -0.25) is 4.79 Å². The van der Waals surface area contributed by atoms with E-state index in [0.29, 0.717) is 16.6 Å². The smallest absolute Gasteiger partial charge is 0.250 e. The molecule has 0 heterocycles. The van der Waals surface area contributed by atoms with E-state index in [1.807, 2.05) is 19.2 Å². The molecule has 0 spiro atoms. The number of carbonyl (C=O) groups excluding carboxylic acids is 1. The maximum absolute atomic E-state index is 11.7. The first-order valence-electron chi connectivity index (χ1n) is 6.49. The highest BCUT2D eigenvalue weighted by Gasteiger charge is 2.29. The zero-order valence-electron chi connectivity index (χ0n) is 11.0. The van der Waals surface area contributed by atoms with Gasteiger partial charge in [-0.05, 0) is 44.5 Å². The number of ether oxygens (including phenoxy) is 1. The van der Waals surface area contributed by atoms with Crippen LogP contribution in [-0.4, -0.2) is 32.2 Å². The van der Waals surface area contributed by atoms with Crippen LogP contribution in [-0.2, 0) is 9.53 Å². The van der Waals surface area contributed by atoms with Gasteiger partial charge in [0.1, 0.15) is 6.61 Å². The van der Waals surface area contributed by atoms with Crippen molar-refractivity contribution in [2.24, 2.45) is 5.92 Å². The zero-order chi connectivity index (χ0) is 13.7. The van der Waals surface area contributed by atoms with Crippen molar-refractivity contribution in [2.75, 3.05) is 25.5 Å². The summed E-state index contributed by atoms with van der Waals surface area (Å²) in [5.41, 5.74) is 0.624. The fraction of sp³-hybridized carbons (Fsp3) is 0.500. The standard InChI is InChI=1S/C14H19ClN2O2/c1-16-8-10-6-11(7-10)19-9-14(18)17-13-5-3-2-4-12(13)15/h2-5,10-11,16H,6-9H2,1H3,(H,17,18). The van der Waals surface area contributed by atoms with E-state index in [4.69, 9.17) is 16.3 Å². The number of anilines is 1. The third kappa shape index (κ3) is 4.20. The summed E-state index contributed by atoms with van der Waals surface area (Å²) >= 11 is 5.96. The second-order valence-corrected chi connectivity index (χ2v) is 5.26. The summed E-state index contributed by atoms with van der Waals surface area (Å²) in [4.78, 5) is 11.7. The Morgan fingerprint density at radius 2 is 2.16 bits per heavy atom. The van der Waals surface area contributed by atoms with Crippen LogP contribution in [0.4, 0.5) is 5.69 Å². The van der Waals surface area contributed by atoms with Gasteiger partial charge >= 0.3 is 0 Å². The van der Waals surface area contributed by atoms with E-state index in [9.17, 15) is 4.79 Å². The fourth-order valence-electron chi connectivity index (χ4n) is 2.21. The maximum atomic E-state index is 11.7. The van der Waals surface area contributed by atoms with E-state index in [1.165, 1.54) is 0 Å². The Morgan fingerprint density at radius 3 is 2.84 bits per heavy atom. The van der Waals surface area contributed by atoms with E-state index < -0.39 is 0 Å². The zero-order valence-corrected chi connectivity index (χ0v) is 11.7. The van der Waals surface area contributed by atoms with Gasteiger partial charge in [0.25, 0.3) is 0 Å². The second-order valence-electron chi connectivity index (χ2n) is 4.86. The number of nitrogens with one attached hydrogen (secondary N) is 2. The van der Waals surface area contributed by atoms with Gasteiger partial charge in [-0.2, -0.15) is 0 Å². The minimum Gasteiger partial charge on any atom is -0.368 e. The lowest BCUT2D eigenvalue weighted by atomic mass is 9.82. The van der Waals surface area contributed by atoms with Gasteiger partial charge in [0.15, 0.2) is 0 Å². The van der Waals surface area contributed by atoms with Gasteiger partial charge in [-0.1, -0.05) is 23.7 Å². The SMILES string of the molecule is CNCC1CC(OCC(=O)Nc2ccccc2Cl)C1. The largest absolute Gasteiger partial charge is 0.368 e. The average molecular weight is 283 g/mol. The summed E-state index contributed by atoms with van der Waals surface area (Å²) in [5.74, 6) is 0.520. The van der Waals surface area contributed by atoms with Gasteiger partial charge in [0, 0.05) is 0 Å². The number of halogens is 1. The molecule has 0 aliphatic heterocycles. The number of carbonyl (C=O) groups is 1. The molecule has 0 radical (unpaired) electrons. The molecule has 104 valence electrons. The van der Waals surface area contributed by atoms with Gasteiger partial charge in [0.05, 0.1) is 16.8 Å². The molecule has 2 N–H and O–H groups in total. The quantitative estimate of drug-likeness (QED) is 0.842. The molecule has 4 nitrogen and oxygen atoms in total. The van der Waals surface area contributed by atoms with Crippen molar-refractivity contribution in [3.05, 3.63) is 29.3 Å². The molecule has 0 atom stereocenters. The van der Waals surface area contributed by atoms with E-state index in [0.717, 1.165) is 19.4 Å². The third-order valence-corrected chi connectivity index (χ3v) is 3.61. The minimum atomic E-state index is -0.162. The Bertz CT molecular complexity index is 433. The Balaban J connectivity index is 1.67. The van der Waals surface area contributed by atoms with Crippen LogP contribution < -0.4 is 10.6 Å². The van der Waals surface area contributed by atoms with Crippen molar-refractivity contribution in [1.29, 1.82) is 0 Å². The molecule has 0 unspecified atom stereocenters. The molecular weight excluding hydrogens is 264 g/mol. The van der Waals surface area contributed by atoms with Crippen LogP contribution in [0.25, 0.3) is 0 Å². The van der Waals surface area contributed by atoms with Crippen LogP contribution >= 0.6 is 11.6 Å². The normalized spacial score (nSPS) is 21.8. The lowest BCUT2D eigenvalue weighted by Gasteiger charge is -2.34. The van der Waals surface area contributed by atoms with Gasteiger partial charge in [-0.25, -0.2) is 0 Å². The number of rotatable bonds is 6. The summed E-state index contributed by atoms with van der Waals surface area (Å²) in [5, 5.41) is 6.42. The van der Waals surface area contributed by atoms with E-state index >= 15 is 0 Å². The maximum Gasteiger partial charge on any atom is 0.250 e. The van der Waals surface area contributed by atoms with E-state index in [-0.39, 0.29) is 18.6 Å². The Morgan fingerprint density at radius 1 is 1.42 bits per heavy atom. The van der Waals surface area contributed by atoms with Crippen molar-refractivity contribution < 1.29 is 9.53 Å². The monoisotopic (exact) mass is 282 g/mol. The molecule has 1 aliphatic rings. The summed E-state index contributed by atoms with van der Waals surface area (Å²) in [6.07, 6.45) is 2.27. The molecular formula is C14H19ClN2O2. The molecule has 2 rings (SSSR count). The number of hydrogen-bond donors (Lipinski definition) is 2. The highest BCUT2D eigenvalue weighted by atomic mass is 35.5. The van der Waals surface area contributed by atoms with Crippen molar-refractivity contribution in [2.45, 2.75) is 18.9 Å². The van der Waals surface area contributed by atoms with Gasteiger partial charge in [0.2, 0.25) is 5.91 Å². The average Bonchev–Trinajstić information content (AvgIpc) is 2.35. The Kier molecular flexibility index (Phi) is 5.19. The lowest BCUT2D eigenvalue weighted by molar-refractivity contribution is -0.125. The molecule has 0 saturated heterocycles. The topological polar surface area (TPSA) is 50.4 Å². The molecule has 1 aromatic carbocycles. The molecule has 1 fully saturated rings. The highest BCUT2D eigenvalue weighted by molar-refractivity contribution is 6.33. The highest BCUT2D eigenvalue weighted by Crippen LogP contribution is 2.29. The first kappa shape index (κ1) is 14.3. The molecule has 1 aromatic rings. The molecule has 0 bridgehead atoms. The molecule has 5 heteroatoms. The summed E-state index contributed by atoms with van der Waals surface area (Å²) in [7, 11) is 1.95. The van der Waals surface area contributed by atoms with Crippen LogP contribution in [0.1, 0.15) is 12.8 Å². The predicted octanol–water partition coefficient (Wildman–Crippen LogP) is 2.29. The lowest BCUT2D eigenvalue weighted by Crippen LogP contribution is -2.38. The minimum absolute atomic E-state index is 0.0855. The molecule has 1 amide bonds. The molecule has 19 heavy (non-hydrogen) atoms. The van der Waals surface area contributed by atoms with Gasteiger partial charge < -0.3 is 15.4 Å². The first-order valence-corrected chi connectivity index (χ1v) is 6.87. The van der Waals surface area contributed by atoms with Crippen LogP contribution in [0.2, 0.25) is 5.02 Å². The first-order chi connectivity index (χ1) is 9.19. The van der Waals surface area contributed by atoms with Crippen LogP contribution in [0, 0.1) is 5.92 Å². The van der Waals surface area contributed by atoms with Crippen molar-refractivity contribution in [3.8, 4) is 0 Å². The molecule has 1 aliphatic carbocycles. The van der Waals surface area contributed by atoms with Crippen molar-refractivity contribution >= 4 is 23.2 Å². The Hall–Kier alpha value is -1.10. The number of benzene rings is 1. The summed E-state index contributed by atoms with van der Waals surface area (Å²) in [6.45, 7) is 1.11. The van der Waals surface area contributed by atoms with E-state index in [2.05, 4.69) is 10.6 Å². The second kappa shape index (κ2) is 6.89. The molecule has 0 aromatic heterocycles. The van der Waals surface area contributed by atoms with Gasteiger partial charge in [-0.15, -0.1) is 0 Å². The fourth-order valence-corrected chi connectivity index (χ4v) is 2.39. The van der Waals surface area contributed by atoms with Crippen LogP contribution in [0.3, 0.4) is 0 Å². The number of amides is 1. The Labute approximate surface area is 118 Å².